The van der Waals surface area contributed by atoms with Gasteiger partial charge in [-0.3, -0.25) is 9.69 Å². The van der Waals surface area contributed by atoms with E-state index in [0.29, 0.717) is 11.4 Å². The van der Waals surface area contributed by atoms with Crippen LogP contribution in [0.2, 0.25) is 0 Å². The molecule has 0 radical (unpaired) electrons. The topological polar surface area (TPSA) is 58.4 Å². The summed E-state index contributed by atoms with van der Waals surface area (Å²) in [5.74, 6) is -0.490. The van der Waals surface area contributed by atoms with Crippen molar-refractivity contribution in [3.05, 3.63) is 24.3 Å². The van der Waals surface area contributed by atoms with Crippen molar-refractivity contribution in [2.45, 2.75) is 13.1 Å². The molecule has 0 atom stereocenters. The number of benzene rings is 1. The van der Waals surface area contributed by atoms with Gasteiger partial charge in [-0.25, -0.2) is 0 Å². The van der Waals surface area contributed by atoms with Crippen LogP contribution in [0.15, 0.2) is 24.3 Å². The molecule has 1 aromatic rings. The second-order valence-corrected chi connectivity index (χ2v) is 4.09. The molecule has 0 heterocycles. The molecule has 0 fully saturated rings. The van der Waals surface area contributed by atoms with Crippen molar-refractivity contribution in [1.82, 2.24) is 4.90 Å². The van der Waals surface area contributed by atoms with Gasteiger partial charge >= 0.3 is 6.18 Å². The van der Waals surface area contributed by atoms with Crippen LogP contribution < -0.4 is 11.1 Å². The lowest BCUT2D eigenvalue weighted by Gasteiger charge is -2.21. The summed E-state index contributed by atoms with van der Waals surface area (Å²) in [6.07, 6.45) is -4.31. The molecule has 1 amide bonds. The van der Waals surface area contributed by atoms with Gasteiger partial charge in [-0.05, 0) is 30.8 Å². The number of carbonyl (C=O) groups excluding carboxylic acids is 1. The van der Waals surface area contributed by atoms with E-state index in [2.05, 4.69) is 5.32 Å². The van der Waals surface area contributed by atoms with Crippen molar-refractivity contribution in [1.29, 1.82) is 0 Å². The van der Waals surface area contributed by atoms with Crippen LogP contribution in [0.3, 0.4) is 0 Å². The number of nitrogen functional groups attached to an aromatic ring is 1. The molecule has 0 spiro atoms. The maximum Gasteiger partial charge on any atom is 0.401 e. The Morgan fingerprint density at radius 3 is 2.37 bits per heavy atom. The zero-order chi connectivity index (χ0) is 14.5. The molecule has 0 aliphatic carbocycles. The van der Waals surface area contributed by atoms with Crippen molar-refractivity contribution in [2.24, 2.45) is 0 Å². The average molecular weight is 275 g/mol. The summed E-state index contributed by atoms with van der Waals surface area (Å²) in [5, 5.41) is 2.52. The fraction of sp³-hybridized carbons (Fsp3) is 0.417. The van der Waals surface area contributed by atoms with Gasteiger partial charge in [0.25, 0.3) is 0 Å². The molecule has 3 N–H and O–H groups in total. The number of likely N-dealkylation sites (N-methyl/N-ethyl adjacent to an activating group) is 1. The van der Waals surface area contributed by atoms with Crippen LogP contribution in [0.5, 0.6) is 0 Å². The van der Waals surface area contributed by atoms with Gasteiger partial charge < -0.3 is 11.1 Å². The summed E-state index contributed by atoms with van der Waals surface area (Å²) in [6, 6.07) is 6.38. The summed E-state index contributed by atoms with van der Waals surface area (Å²) in [5.41, 5.74) is 6.53. The minimum absolute atomic E-state index is 0.147. The Labute approximate surface area is 109 Å². The van der Waals surface area contributed by atoms with Gasteiger partial charge in [0.1, 0.15) is 0 Å². The Bertz CT molecular complexity index is 417. The van der Waals surface area contributed by atoms with Crippen LogP contribution >= 0.6 is 0 Å². The van der Waals surface area contributed by atoms with E-state index in [0.717, 1.165) is 4.90 Å². The number of nitrogens with zero attached hydrogens (tertiary/aromatic N) is 1. The molecular formula is C12H16F3N3O. The van der Waals surface area contributed by atoms with E-state index in [4.69, 9.17) is 5.73 Å². The molecule has 0 aromatic heterocycles. The van der Waals surface area contributed by atoms with E-state index >= 15 is 0 Å². The maximum absolute atomic E-state index is 12.2. The first-order valence-corrected chi connectivity index (χ1v) is 5.74. The zero-order valence-corrected chi connectivity index (χ0v) is 10.5. The van der Waals surface area contributed by atoms with Crippen molar-refractivity contribution in [3.63, 3.8) is 0 Å². The van der Waals surface area contributed by atoms with Crippen LogP contribution in [-0.2, 0) is 4.79 Å². The lowest BCUT2D eigenvalue weighted by molar-refractivity contribution is -0.147. The number of amides is 1. The Morgan fingerprint density at radius 1 is 1.32 bits per heavy atom. The summed E-state index contributed by atoms with van der Waals surface area (Å²) >= 11 is 0. The summed E-state index contributed by atoms with van der Waals surface area (Å²) < 4.78 is 36.7. The third kappa shape index (κ3) is 6.10. The van der Waals surface area contributed by atoms with E-state index in [1.807, 2.05) is 0 Å². The lowest BCUT2D eigenvalue weighted by Crippen LogP contribution is -2.39. The van der Waals surface area contributed by atoms with Crippen molar-refractivity contribution in [3.8, 4) is 0 Å². The van der Waals surface area contributed by atoms with Gasteiger partial charge in [-0.15, -0.1) is 0 Å². The number of halogens is 3. The first-order valence-electron chi connectivity index (χ1n) is 5.74. The number of nitrogens with two attached hydrogens (primary N) is 1. The molecular weight excluding hydrogens is 259 g/mol. The Hall–Kier alpha value is -1.76. The largest absolute Gasteiger partial charge is 0.401 e. The highest BCUT2D eigenvalue weighted by Gasteiger charge is 2.30. The highest BCUT2D eigenvalue weighted by atomic mass is 19.4. The van der Waals surface area contributed by atoms with Crippen molar-refractivity contribution >= 4 is 17.3 Å². The Kier molecular flexibility index (Phi) is 5.17. The molecule has 19 heavy (non-hydrogen) atoms. The number of nitrogens with one attached hydrogen (secondary N) is 1. The smallest absolute Gasteiger partial charge is 0.399 e. The quantitative estimate of drug-likeness (QED) is 0.809. The lowest BCUT2D eigenvalue weighted by atomic mass is 10.3. The molecule has 7 heteroatoms. The van der Waals surface area contributed by atoms with Gasteiger partial charge in [0.2, 0.25) is 5.91 Å². The van der Waals surface area contributed by atoms with Gasteiger partial charge in [0.15, 0.2) is 0 Å². The van der Waals surface area contributed by atoms with Gasteiger partial charge in [-0.2, -0.15) is 13.2 Å². The van der Waals surface area contributed by atoms with E-state index in [1.54, 1.807) is 31.2 Å². The minimum Gasteiger partial charge on any atom is -0.399 e. The number of hydrogen-bond donors (Lipinski definition) is 2. The molecule has 0 saturated heterocycles. The van der Waals surface area contributed by atoms with Crippen LogP contribution in [0.4, 0.5) is 24.5 Å². The molecule has 0 aliphatic rings. The van der Waals surface area contributed by atoms with Crippen molar-refractivity contribution in [2.75, 3.05) is 30.7 Å². The SMILES string of the molecule is CCN(CC(=O)Nc1ccc(N)cc1)CC(F)(F)F. The summed E-state index contributed by atoms with van der Waals surface area (Å²) in [4.78, 5) is 12.6. The predicted octanol–water partition coefficient (Wildman–Crippen LogP) is 2.09. The number of rotatable bonds is 5. The second-order valence-electron chi connectivity index (χ2n) is 4.09. The normalized spacial score (nSPS) is 11.6. The molecule has 0 saturated carbocycles. The molecule has 0 unspecified atom stereocenters. The monoisotopic (exact) mass is 275 g/mol. The molecule has 0 bridgehead atoms. The zero-order valence-electron chi connectivity index (χ0n) is 10.5. The summed E-state index contributed by atoms with van der Waals surface area (Å²) in [6.45, 7) is 0.315. The highest BCUT2D eigenvalue weighted by molar-refractivity contribution is 5.92. The predicted molar refractivity (Wildman–Crippen MR) is 67.7 cm³/mol. The Morgan fingerprint density at radius 2 is 1.89 bits per heavy atom. The highest BCUT2D eigenvalue weighted by Crippen LogP contribution is 2.16. The second kappa shape index (κ2) is 6.42. The average Bonchev–Trinajstić information content (AvgIpc) is 2.29. The van der Waals surface area contributed by atoms with Gasteiger partial charge in [0, 0.05) is 11.4 Å². The van der Waals surface area contributed by atoms with E-state index in [9.17, 15) is 18.0 Å². The van der Waals surface area contributed by atoms with Crippen LogP contribution in [0.1, 0.15) is 6.92 Å². The summed E-state index contributed by atoms with van der Waals surface area (Å²) in [7, 11) is 0. The molecule has 0 aliphatic heterocycles. The molecule has 106 valence electrons. The number of carbonyl (C=O) groups is 1. The molecule has 1 rings (SSSR count). The van der Waals surface area contributed by atoms with E-state index in [-0.39, 0.29) is 13.1 Å². The standard InChI is InChI=1S/C12H16F3N3O/c1-2-18(8-12(13,14)15)7-11(19)17-10-5-3-9(16)4-6-10/h3-6H,2,7-8,16H2,1H3,(H,17,19). The Balaban J connectivity index is 2.51. The third-order valence-electron chi connectivity index (χ3n) is 2.41. The van der Waals surface area contributed by atoms with Crippen LogP contribution in [0.25, 0.3) is 0 Å². The van der Waals surface area contributed by atoms with Gasteiger partial charge in [0.05, 0.1) is 13.1 Å². The van der Waals surface area contributed by atoms with Crippen LogP contribution in [-0.4, -0.2) is 36.6 Å². The van der Waals surface area contributed by atoms with Gasteiger partial charge in [-0.1, -0.05) is 6.92 Å². The number of anilines is 2. The number of hydrogen-bond acceptors (Lipinski definition) is 3. The van der Waals surface area contributed by atoms with E-state index < -0.39 is 18.6 Å². The number of alkyl halides is 3. The van der Waals surface area contributed by atoms with Crippen LogP contribution in [0, 0.1) is 0 Å². The first kappa shape index (κ1) is 15.3. The molecule has 1 aromatic carbocycles. The fourth-order valence-corrected chi connectivity index (χ4v) is 1.50. The maximum atomic E-state index is 12.2. The van der Waals surface area contributed by atoms with Crippen molar-refractivity contribution < 1.29 is 18.0 Å². The minimum atomic E-state index is -4.31. The molecule has 4 nitrogen and oxygen atoms in total. The first-order chi connectivity index (χ1) is 8.80. The fourth-order valence-electron chi connectivity index (χ4n) is 1.50. The van der Waals surface area contributed by atoms with E-state index in [1.165, 1.54) is 0 Å². The third-order valence-corrected chi connectivity index (χ3v) is 2.41.